The van der Waals surface area contributed by atoms with Gasteiger partial charge in [-0.2, -0.15) is 0 Å². The highest BCUT2D eigenvalue weighted by molar-refractivity contribution is 9.10. The highest BCUT2D eigenvalue weighted by Gasteiger charge is 1.99. The van der Waals surface area contributed by atoms with E-state index in [0.717, 1.165) is 23.1 Å². The van der Waals surface area contributed by atoms with E-state index in [4.69, 9.17) is 0 Å². The summed E-state index contributed by atoms with van der Waals surface area (Å²) in [5.74, 6) is -0.00294. The molecule has 0 spiro atoms. The quantitative estimate of drug-likeness (QED) is 0.859. The molecule has 0 aromatic carbocycles. The second-order valence-corrected chi connectivity index (χ2v) is 4.01. The Kier molecular flexibility index (Phi) is 5.10. The molecular formula is C10H14BrN3O. The van der Waals surface area contributed by atoms with Crippen molar-refractivity contribution in [1.82, 2.24) is 10.3 Å². The Morgan fingerprint density at radius 2 is 2.33 bits per heavy atom. The molecule has 15 heavy (non-hydrogen) atoms. The molecule has 0 saturated carbocycles. The average molecular weight is 272 g/mol. The van der Waals surface area contributed by atoms with Crippen LogP contribution in [0, 0.1) is 0 Å². The molecule has 0 saturated heterocycles. The number of amides is 1. The van der Waals surface area contributed by atoms with Gasteiger partial charge in [0.2, 0.25) is 5.91 Å². The topological polar surface area (TPSA) is 54.0 Å². The maximum Gasteiger partial charge on any atom is 0.239 e. The number of halogens is 1. The third-order valence-corrected chi connectivity index (χ3v) is 2.16. The summed E-state index contributed by atoms with van der Waals surface area (Å²) >= 11 is 3.31. The molecule has 5 heteroatoms. The van der Waals surface area contributed by atoms with E-state index in [1.54, 1.807) is 12.4 Å². The van der Waals surface area contributed by atoms with Crippen LogP contribution in [-0.4, -0.2) is 24.0 Å². The Morgan fingerprint density at radius 3 is 3.00 bits per heavy atom. The third kappa shape index (κ3) is 4.78. The molecule has 0 radical (unpaired) electrons. The molecule has 1 rings (SSSR count). The van der Waals surface area contributed by atoms with Gasteiger partial charge in [-0.25, -0.2) is 0 Å². The first kappa shape index (κ1) is 12.0. The van der Waals surface area contributed by atoms with Gasteiger partial charge < -0.3 is 10.6 Å². The van der Waals surface area contributed by atoms with Crippen LogP contribution in [0.5, 0.6) is 0 Å². The lowest BCUT2D eigenvalue weighted by Crippen LogP contribution is -2.30. The van der Waals surface area contributed by atoms with E-state index in [1.165, 1.54) is 0 Å². The van der Waals surface area contributed by atoms with Crippen molar-refractivity contribution in [1.29, 1.82) is 0 Å². The minimum Gasteiger partial charge on any atom is -0.375 e. The highest BCUT2D eigenvalue weighted by Crippen LogP contribution is 2.12. The van der Waals surface area contributed by atoms with Gasteiger partial charge in [0.05, 0.1) is 18.4 Å². The molecule has 1 aromatic rings. The molecule has 0 bridgehead atoms. The van der Waals surface area contributed by atoms with Crippen molar-refractivity contribution >= 4 is 27.5 Å². The first-order valence-corrected chi connectivity index (χ1v) is 5.62. The second-order valence-electron chi connectivity index (χ2n) is 3.10. The summed E-state index contributed by atoms with van der Waals surface area (Å²) in [4.78, 5) is 15.2. The van der Waals surface area contributed by atoms with Crippen LogP contribution in [0.2, 0.25) is 0 Å². The Labute approximate surface area is 97.6 Å². The number of pyridine rings is 1. The Hall–Kier alpha value is -1.10. The SMILES string of the molecule is CCCNC(=O)CNc1cncc(Br)c1. The summed E-state index contributed by atoms with van der Waals surface area (Å²) in [6.07, 6.45) is 4.32. The summed E-state index contributed by atoms with van der Waals surface area (Å²) in [6.45, 7) is 3.02. The van der Waals surface area contributed by atoms with E-state index in [0.29, 0.717) is 0 Å². The van der Waals surface area contributed by atoms with Crippen LogP contribution in [0.25, 0.3) is 0 Å². The summed E-state index contributed by atoms with van der Waals surface area (Å²) in [5.41, 5.74) is 0.830. The van der Waals surface area contributed by atoms with E-state index in [9.17, 15) is 4.79 Å². The molecular weight excluding hydrogens is 258 g/mol. The lowest BCUT2D eigenvalue weighted by Gasteiger charge is -2.06. The molecule has 0 unspecified atom stereocenters. The van der Waals surface area contributed by atoms with E-state index in [1.807, 2.05) is 13.0 Å². The fourth-order valence-corrected chi connectivity index (χ4v) is 1.38. The molecule has 0 aliphatic rings. The number of nitrogens with zero attached hydrogens (tertiary/aromatic N) is 1. The van der Waals surface area contributed by atoms with Gasteiger partial charge in [-0.1, -0.05) is 6.92 Å². The van der Waals surface area contributed by atoms with Crippen molar-refractivity contribution in [2.45, 2.75) is 13.3 Å². The number of nitrogens with one attached hydrogen (secondary N) is 2. The van der Waals surface area contributed by atoms with Crippen molar-refractivity contribution in [2.75, 3.05) is 18.4 Å². The zero-order valence-corrected chi connectivity index (χ0v) is 10.2. The van der Waals surface area contributed by atoms with Crippen LogP contribution in [0.15, 0.2) is 22.9 Å². The summed E-state index contributed by atoms with van der Waals surface area (Å²) in [5, 5.41) is 5.77. The largest absolute Gasteiger partial charge is 0.375 e. The molecule has 4 nitrogen and oxygen atoms in total. The molecule has 0 aliphatic heterocycles. The van der Waals surface area contributed by atoms with Crippen LogP contribution < -0.4 is 10.6 Å². The molecule has 82 valence electrons. The van der Waals surface area contributed by atoms with E-state index >= 15 is 0 Å². The first-order valence-electron chi connectivity index (χ1n) is 4.83. The lowest BCUT2D eigenvalue weighted by atomic mass is 10.4. The predicted molar refractivity (Wildman–Crippen MR) is 63.7 cm³/mol. The van der Waals surface area contributed by atoms with Crippen molar-refractivity contribution in [2.24, 2.45) is 0 Å². The van der Waals surface area contributed by atoms with Gasteiger partial charge in [0, 0.05) is 17.2 Å². The van der Waals surface area contributed by atoms with Gasteiger partial charge in [-0.05, 0) is 28.4 Å². The Balaban J connectivity index is 2.33. The number of carbonyl (C=O) groups is 1. The molecule has 1 heterocycles. The minimum atomic E-state index is -0.00294. The lowest BCUT2D eigenvalue weighted by molar-refractivity contribution is -0.119. The molecule has 0 aliphatic carbocycles. The highest BCUT2D eigenvalue weighted by atomic mass is 79.9. The zero-order valence-electron chi connectivity index (χ0n) is 8.59. The summed E-state index contributed by atoms with van der Waals surface area (Å²) in [7, 11) is 0. The molecule has 2 N–H and O–H groups in total. The van der Waals surface area contributed by atoms with Crippen LogP contribution in [0.3, 0.4) is 0 Å². The number of aromatic nitrogens is 1. The standard InChI is InChI=1S/C10H14BrN3O/c1-2-3-13-10(15)7-14-9-4-8(11)5-12-6-9/h4-6,14H,2-3,7H2,1H3,(H,13,15). The number of rotatable bonds is 5. The number of hydrogen-bond donors (Lipinski definition) is 2. The van der Waals surface area contributed by atoms with E-state index in [-0.39, 0.29) is 12.5 Å². The number of carbonyl (C=O) groups excluding carboxylic acids is 1. The minimum absolute atomic E-state index is 0.00294. The van der Waals surface area contributed by atoms with Gasteiger partial charge in [0.25, 0.3) is 0 Å². The van der Waals surface area contributed by atoms with E-state index in [2.05, 4.69) is 31.5 Å². The first-order chi connectivity index (χ1) is 7.22. The molecule has 1 amide bonds. The van der Waals surface area contributed by atoms with Crippen molar-refractivity contribution < 1.29 is 4.79 Å². The van der Waals surface area contributed by atoms with Gasteiger partial charge >= 0.3 is 0 Å². The maximum atomic E-state index is 11.3. The number of hydrogen-bond acceptors (Lipinski definition) is 3. The van der Waals surface area contributed by atoms with Gasteiger partial charge in [0.1, 0.15) is 0 Å². The van der Waals surface area contributed by atoms with Crippen LogP contribution in [0.4, 0.5) is 5.69 Å². The monoisotopic (exact) mass is 271 g/mol. The van der Waals surface area contributed by atoms with Crippen molar-refractivity contribution in [3.63, 3.8) is 0 Å². The predicted octanol–water partition coefficient (Wildman–Crippen LogP) is 1.78. The molecule has 0 fully saturated rings. The zero-order chi connectivity index (χ0) is 11.1. The third-order valence-electron chi connectivity index (χ3n) is 1.73. The fourth-order valence-electron chi connectivity index (χ4n) is 1.02. The second kappa shape index (κ2) is 6.40. The maximum absolute atomic E-state index is 11.3. The van der Waals surface area contributed by atoms with Crippen LogP contribution in [-0.2, 0) is 4.79 Å². The van der Waals surface area contributed by atoms with Crippen LogP contribution in [0.1, 0.15) is 13.3 Å². The molecule has 1 aromatic heterocycles. The molecule has 0 atom stereocenters. The fraction of sp³-hybridized carbons (Fsp3) is 0.400. The van der Waals surface area contributed by atoms with Gasteiger partial charge in [-0.15, -0.1) is 0 Å². The normalized spacial score (nSPS) is 9.73. The summed E-state index contributed by atoms with van der Waals surface area (Å²) in [6, 6.07) is 1.88. The average Bonchev–Trinajstić information content (AvgIpc) is 2.23. The summed E-state index contributed by atoms with van der Waals surface area (Å²) < 4.78 is 0.890. The Morgan fingerprint density at radius 1 is 1.53 bits per heavy atom. The van der Waals surface area contributed by atoms with Gasteiger partial charge in [-0.3, -0.25) is 9.78 Å². The van der Waals surface area contributed by atoms with Crippen LogP contribution >= 0.6 is 15.9 Å². The Bertz CT molecular complexity index is 330. The smallest absolute Gasteiger partial charge is 0.239 e. The number of anilines is 1. The van der Waals surface area contributed by atoms with E-state index < -0.39 is 0 Å². The van der Waals surface area contributed by atoms with Crippen molar-refractivity contribution in [3.05, 3.63) is 22.9 Å². The van der Waals surface area contributed by atoms with Crippen molar-refractivity contribution in [3.8, 4) is 0 Å². The van der Waals surface area contributed by atoms with Gasteiger partial charge in [0.15, 0.2) is 0 Å².